The normalized spacial score (nSPS) is 12.1. The Kier molecular flexibility index (Phi) is 4.34. The molecule has 0 aliphatic heterocycles. The van der Waals surface area contributed by atoms with Gasteiger partial charge in [-0.1, -0.05) is 18.2 Å². The van der Waals surface area contributed by atoms with E-state index < -0.39 is 12.0 Å². The molecule has 2 aromatic rings. The number of fused-ring (bicyclic) bond motifs is 1. The maximum Gasteiger partial charge on any atom is 2.00 e. The van der Waals surface area contributed by atoms with Gasteiger partial charge in [0.05, 0.1) is 0 Å². The van der Waals surface area contributed by atoms with Crippen molar-refractivity contribution in [2.45, 2.75) is 12.5 Å². The molecule has 0 radical (unpaired) electrons. The number of H-pyrrole nitrogens is 1. The van der Waals surface area contributed by atoms with Crippen molar-refractivity contribution in [3.63, 3.8) is 0 Å². The molecule has 1 aromatic heterocycles. The Morgan fingerprint density at radius 3 is 2.88 bits per heavy atom. The summed E-state index contributed by atoms with van der Waals surface area (Å²) in [7, 11) is 0. The maximum atomic E-state index is 10.6. The molecule has 0 aliphatic rings. The standard InChI is InChI=1S/C11H12N2O2.Mg.2H/c12-9(11(14)15)5-7-6-13-10-4-2-1-3-8(7)10;;;/h1-4,6,9,13H,5,12H2,(H,14,15);;;/q;+2;2*-1/t9-;;;/m1.../s1. The average molecular weight is 231 g/mol. The molecule has 0 bridgehead atoms. The van der Waals surface area contributed by atoms with Crippen LogP contribution in [0, 0.1) is 0 Å². The van der Waals surface area contributed by atoms with Crippen LogP contribution >= 0.6 is 0 Å². The number of carboxylic acid groups (broad SMARTS) is 1. The van der Waals surface area contributed by atoms with Crippen LogP contribution in [0.1, 0.15) is 8.42 Å². The zero-order chi connectivity index (χ0) is 10.8. The van der Waals surface area contributed by atoms with Crippen molar-refractivity contribution in [1.82, 2.24) is 4.98 Å². The molecule has 4 nitrogen and oxygen atoms in total. The van der Waals surface area contributed by atoms with Gasteiger partial charge in [0.1, 0.15) is 6.04 Å². The Hall–Kier alpha value is -1.04. The molecule has 1 heterocycles. The summed E-state index contributed by atoms with van der Waals surface area (Å²) < 4.78 is 0. The first-order valence-electron chi connectivity index (χ1n) is 4.72. The van der Waals surface area contributed by atoms with Crippen molar-refractivity contribution < 1.29 is 12.8 Å². The quantitative estimate of drug-likeness (QED) is 0.688. The van der Waals surface area contributed by atoms with Crippen LogP contribution in [0.4, 0.5) is 0 Å². The van der Waals surface area contributed by atoms with Gasteiger partial charge in [0.2, 0.25) is 0 Å². The molecule has 1 aromatic carbocycles. The van der Waals surface area contributed by atoms with Crippen LogP contribution in [0.3, 0.4) is 0 Å². The van der Waals surface area contributed by atoms with Gasteiger partial charge in [0.25, 0.3) is 0 Å². The number of nitrogens with one attached hydrogen (secondary N) is 1. The Labute approximate surface area is 112 Å². The van der Waals surface area contributed by atoms with Crippen LogP contribution in [0.5, 0.6) is 0 Å². The maximum absolute atomic E-state index is 10.6. The fourth-order valence-corrected chi connectivity index (χ4v) is 1.62. The Balaban J connectivity index is 0. The SMILES string of the molecule is N[C@H](Cc1c[nH]c2ccccc12)C(=O)O.[H-].[H-].[Mg+2]. The molecule has 0 spiro atoms. The van der Waals surface area contributed by atoms with Gasteiger partial charge in [-0.25, -0.2) is 0 Å². The smallest absolute Gasteiger partial charge is 1.00 e. The molecule has 0 unspecified atom stereocenters. The molecular weight excluding hydrogens is 216 g/mol. The van der Waals surface area contributed by atoms with E-state index in [-0.39, 0.29) is 25.9 Å². The van der Waals surface area contributed by atoms with E-state index in [9.17, 15) is 4.79 Å². The number of carbonyl (C=O) groups is 1. The van der Waals surface area contributed by atoms with Gasteiger partial charge in [0.15, 0.2) is 0 Å². The van der Waals surface area contributed by atoms with E-state index in [2.05, 4.69) is 4.98 Å². The summed E-state index contributed by atoms with van der Waals surface area (Å²) in [6.07, 6.45) is 2.16. The molecule has 0 fully saturated rings. The summed E-state index contributed by atoms with van der Waals surface area (Å²) in [5.41, 5.74) is 7.43. The van der Waals surface area contributed by atoms with Crippen LogP contribution in [0.15, 0.2) is 30.5 Å². The second-order valence-electron chi connectivity index (χ2n) is 3.51. The molecule has 0 saturated heterocycles. The van der Waals surface area contributed by atoms with Crippen molar-refractivity contribution in [3.05, 3.63) is 36.0 Å². The largest absolute Gasteiger partial charge is 2.00 e. The summed E-state index contributed by atoms with van der Waals surface area (Å²) in [6.45, 7) is 0. The van der Waals surface area contributed by atoms with Gasteiger partial charge in [0, 0.05) is 23.5 Å². The van der Waals surface area contributed by atoms with Gasteiger partial charge in [-0.05, 0) is 11.6 Å². The first-order chi connectivity index (χ1) is 7.18. The van der Waals surface area contributed by atoms with Crippen LogP contribution < -0.4 is 5.73 Å². The van der Waals surface area contributed by atoms with Crippen LogP contribution in [-0.4, -0.2) is 45.2 Å². The first kappa shape index (κ1) is 13.0. The van der Waals surface area contributed by atoms with E-state index in [4.69, 9.17) is 10.8 Å². The number of aromatic amines is 1. The minimum absolute atomic E-state index is 0. The molecule has 82 valence electrons. The minimum atomic E-state index is -0.972. The summed E-state index contributed by atoms with van der Waals surface area (Å²) in [5, 5.41) is 9.75. The predicted octanol–water partition coefficient (Wildman–Crippen LogP) is 0.967. The summed E-state index contributed by atoms with van der Waals surface area (Å²) in [5.74, 6) is -0.972. The number of hydrogen-bond acceptors (Lipinski definition) is 2. The Bertz CT molecular complexity index is 505. The molecule has 4 N–H and O–H groups in total. The molecule has 0 saturated carbocycles. The molecule has 5 heteroatoms. The van der Waals surface area contributed by atoms with E-state index in [0.29, 0.717) is 6.42 Å². The Morgan fingerprint density at radius 2 is 2.19 bits per heavy atom. The van der Waals surface area contributed by atoms with E-state index in [0.717, 1.165) is 16.5 Å². The third-order valence-corrected chi connectivity index (χ3v) is 2.43. The van der Waals surface area contributed by atoms with E-state index >= 15 is 0 Å². The number of carboxylic acids is 1. The minimum Gasteiger partial charge on any atom is -1.00 e. The fraction of sp³-hybridized carbons (Fsp3) is 0.182. The monoisotopic (exact) mass is 230 g/mol. The molecular formula is C11H14MgN2O2. The van der Waals surface area contributed by atoms with Crippen LogP contribution in [0.25, 0.3) is 10.9 Å². The number of hydrogen-bond donors (Lipinski definition) is 3. The van der Waals surface area contributed by atoms with Crippen molar-refractivity contribution >= 4 is 39.9 Å². The van der Waals surface area contributed by atoms with E-state index in [1.165, 1.54) is 0 Å². The molecule has 2 rings (SSSR count). The van der Waals surface area contributed by atoms with E-state index in [1.807, 2.05) is 30.5 Å². The van der Waals surface area contributed by atoms with Crippen LogP contribution in [-0.2, 0) is 11.2 Å². The molecule has 1 atom stereocenters. The fourth-order valence-electron chi connectivity index (χ4n) is 1.62. The summed E-state index contributed by atoms with van der Waals surface area (Å²) in [6, 6.07) is 6.91. The summed E-state index contributed by atoms with van der Waals surface area (Å²) >= 11 is 0. The average Bonchev–Trinajstić information content (AvgIpc) is 2.62. The number of benzene rings is 1. The topological polar surface area (TPSA) is 79.1 Å². The van der Waals surface area contributed by atoms with Crippen molar-refractivity contribution in [2.75, 3.05) is 0 Å². The molecule has 16 heavy (non-hydrogen) atoms. The van der Waals surface area contributed by atoms with Crippen molar-refractivity contribution in [1.29, 1.82) is 0 Å². The zero-order valence-electron chi connectivity index (χ0n) is 10.8. The van der Waals surface area contributed by atoms with E-state index in [1.54, 1.807) is 0 Å². The van der Waals surface area contributed by atoms with Crippen molar-refractivity contribution in [2.24, 2.45) is 5.73 Å². The number of para-hydroxylation sites is 1. The molecule has 0 amide bonds. The van der Waals surface area contributed by atoms with Gasteiger partial charge in [-0.15, -0.1) is 0 Å². The van der Waals surface area contributed by atoms with Crippen LogP contribution in [0.2, 0.25) is 0 Å². The second kappa shape index (κ2) is 5.33. The third-order valence-electron chi connectivity index (χ3n) is 2.43. The summed E-state index contributed by atoms with van der Waals surface area (Å²) in [4.78, 5) is 13.7. The predicted molar refractivity (Wildman–Crippen MR) is 65.6 cm³/mol. The first-order valence-corrected chi connectivity index (χ1v) is 4.72. The van der Waals surface area contributed by atoms with Gasteiger partial charge in [-0.2, -0.15) is 0 Å². The van der Waals surface area contributed by atoms with Gasteiger partial charge in [-0.3, -0.25) is 4.79 Å². The van der Waals surface area contributed by atoms with Gasteiger partial charge < -0.3 is 18.7 Å². The molecule has 0 aliphatic carbocycles. The number of aromatic nitrogens is 1. The van der Waals surface area contributed by atoms with Crippen molar-refractivity contribution in [3.8, 4) is 0 Å². The second-order valence-corrected chi connectivity index (χ2v) is 3.51. The zero-order valence-corrected chi connectivity index (χ0v) is 10.2. The number of rotatable bonds is 3. The van der Waals surface area contributed by atoms with Gasteiger partial charge >= 0.3 is 29.0 Å². The third kappa shape index (κ3) is 2.55. The Morgan fingerprint density at radius 1 is 1.50 bits per heavy atom. The number of nitrogens with two attached hydrogens (primary N) is 1. The number of aliphatic carboxylic acids is 1.